The average molecular weight is 277 g/mol. The predicted molar refractivity (Wildman–Crippen MR) is 87.0 cm³/mol. The highest BCUT2D eigenvalue weighted by Gasteiger charge is 2.15. The van der Waals surface area contributed by atoms with Crippen LogP contribution in [0.2, 0.25) is 0 Å². The zero-order chi connectivity index (χ0) is 13.7. The van der Waals surface area contributed by atoms with Crippen LogP contribution in [0.4, 0.5) is 11.4 Å². The van der Waals surface area contributed by atoms with Crippen molar-refractivity contribution < 1.29 is 0 Å². The van der Waals surface area contributed by atoms with Gasteiger partial charge >= 0.3 is 0 Å². The van der Waals surface area contributed by atoms with Gasteiger partial charge in [-0.05, 0) is 62.2 Å². The first-order chi connectivity index (χ1) is 9.19. The van der Waals surface area contributed by atoms with E-state index >= 15 is 0 Å². The molecule has 0 aromatic heterocycles. The van der Waals surface area contributed by atoms with Crippen molar-refractivity contribution in [2.45, 2.75) is 26.7 Å². The fourth-order valence-electron chi connectivity index (χ4n) is 2.36. The van der Waals surface area contributed by atoms with Crippen molar-refractivity contribution in [2.24, 2.45) is 5.92 Å². The van der Waals surface area contributed by atoms with E-state index in [1.807, 2.05) is 6.92 Å². The lowest BCUT2D eigenvalue weighted by Gasteiger charge is -2.32. The van der Waals surface area contributed by atoms with Crippen molar-refractivity contribution in [1.82, 2.24) is 5.32 Å². The van der Waals surface area contributed by atoms with Crippen LogP contribution in [0.15, 0.2) is 24.3 Å². The monoisotopic (exact) mass is 277 g/mol. The summed E-state index contributed by atoms with van der Waals surface area (Å²) >= 11 is 5.17. The van der Waals surface area contributed by atoms with Crippen LogP contribution in [-0.4, -0.2) is 24.7 Å². The Morgan fingerprint density at radius 2 is 1.89 bits per heavy atom. The number of piperidine rings is 1. The number of rotatable bonds is 3. The van der Waals surface area contributed by atoms with Gasteiger partial charge in [-0.15, -0.1) is 0 Å². The molecule has 19 heavy (non-hydrogen) atoms. The maximum Gasteiger partial charge on any atom is 0.170 e. The Balaban J connectivity index is 1.92. The molecule has 4 heteroatoms. The van der Waals surface area contributed by atoms with Crippen LogP contribution in [-0.2, 0) is 0 Å². The summed E-state index contributed by atoms with van der Waals surface area (Å²) in [6.45, 7) is 7.56. The number of benzene rings is 1. The van der Waals surface area contributed by atoms with Crippen LogP contribution in [0.3, 0.4) is 0 Å². The fraction of sp³-hybridized carbons (Fsp3) is 0.533. The highest BCUT2D eigenvalue weighted by atomic mass is 32.1. The smallest absolute Gasteiger partial charge is 0.170 e. The fourth-order valence-corrected chi connectivity index (χ4v) is 2.62. The van der Waals surface area contributed by atoms with Crippen molar-refractivity contribution in [1.29, 1.82) is 0 Å². The molecule has 1 aromatic rings. The Kier molecular flexibility index (Phi) is 5.02. The summed E-state index contributed by atoms with van der Waals surface area (Å²) in [6, 6.07) is 8.54. The summed E-state index contributed by atoms with van der Waals surface area (Å²) in [6.07, 6.45) is 2.59. The number of thiocarbonyl (C=S) groups is 1. The van der Waals surface area contributed by atoms with Gasteiger partial charge in [-0.3, -0.25) is 0 Å². The molecule has 2 rings (SSSR count). The minimum Gasteiger partial charge on any atom is -0.372 e. The topological polar surface area (TPSA) is 27.3 Å². The Morgan fingerprint density at radius 3 is 2.47 bits per heavy atom. The Morgan fingerprint density at radius 1 is 1.26 bits per heavy atom. The maximum atomic E-state index is 5.17. The standard InChI is InChI=1S/C15H23N3S/c1-3-16-15(19)17-13-4-6-14(7-5-13)18-10-8-12(2)9-11-18/h4-7,12H,3,8-11H2,1-2H3,(H2,16,17,19). The molecule has 1 aliphatic heterocycles. The van der Waals surface area contributed by atoms with Gasteiger partial charge in [-0.1, -0.05) is 6.92 Å². The Bertz CT molecular complexity index is 408. The molecule has 1 fully saturated rings. The van der Waals surface area contributed by atoms with Crippen LogP contribution in [0.5, 0.6) is 0 Å². The molecule has 3 nitrogen and oxygen atoms in total. The van der Waals surface area contributed by atoms with E-state index in [-0.39, 0.29) is 0 Å². The van der Waals surface area contributed by atoms with Gasteiger partial charge in [0.15, 0.2) is 5.11 Å². The first-order valence-corrected chi connectivity index (χ1v) is 7.49. The van der Waals surface area contributed by atoms with E-state index in [0.717, 1.165) is 18.2 Å². The lowest BCUT2D eigenvalue weighted by molar-refractivity contribution is 0.438. The van der Waals surface area contributed by atoms with Gasteiger partial charge in [0.25, 0.3) is 0 Å². The van der Waals surface area contributed by atoms with Gasteiger partial charge in [-0.25, -0.2) is 0 Å². The molecule has 0 spiro atoms. The summed E-state index contributed by atoms with van der Waals surface area (Å²) in [4.78, 5) is 2.46. The van der Waals surface area contributed by atoms with Crippen LogP contribution in [0.25, 0.3) is 0 Å². The predicted octanol–water partition coefficient (Wildman–Crippen LogP) is 3.23. The third kappa shape index (κ3) is 4.10. The van der Waals surface area contributed by atoms with Gasteiger partial charge in [0.1, 0.15) is 0 Å². The molecule has 0 amide bonds. The first kappa shape index (κ1) is 14.1. The minimum atomic E-state index is 0.682. The molecule has 0 saturated carbocycles. The van der Waals surface area contributed by atoms with E-state index < -0.39 is 0 Å². The van der Waals surface area contributed by atoms with Crippen molar-refractivity contribution in [2.75, 3.05) is 29.9 Å². The Hall–Kier alpha value is -1.29. The molecule has 0 atom stereocenters. The highest BCUT2D eigenvalue weighted by molar-refractivity contribution is 7.80. The molecular weight excluding hydrogens is 254 g/mol. The van der Waals surface area contributed by atoms with E-state index in [1.165, 1.54) is 31.6 Å². The second kappa shape index (κ2) is 6.75. The van der Waals surface area contributed by atoms with E-state index in [1.54, 1.807) is 0 Å². The first-order valence-electron chi connectivity index (χ1n) is 7.09. The molecule has 1 aliphatic rings. The quantitative estimate of drug-likeness (QED) is 0.830. The molecule has 104 valence electrons. The SMILES string of the molecule is CCNC(=S)Nc1ccc(N2CCC(C)CC2)cc1. The van der Waals surface area contributed by atoms with E-state index in [2.05, 4.69) is 46.7 Å². The average Bonchev–Trinajstić information content (AvgIpc) is 2.41. The lowest BCUT2D eigenvalue weighted by atomic mass is 9.99. The largest absolute Gasteiger partial charge is 0.372 e. The summed E-state index contributed by atoms with van der Waals surface area (Å²) in [5.41, 5.74) is 2.35. The molecular formula is C15H23N3S. The summed E-state index contributed by atoms with van der Waals surface area (Å²) in [5, 5.41) is 6.95. The maximum absolute atomic E-state index is 5.17. The van der Waals surface area contributed by atoms with Gasteiger partial charge in [0.2, 0.25) is 0 Å². The molecule has 0 unspecified atom stereocenters. The van der Waals surface area contributed by atoms with Crippen molar-refractivity contribution in [3.8, 4) is 0 Å². The number of hydrogen-bond acceptors (Lipinski definition) is 2. The molecule has 1 aromatic carbocycles. The van der Waals surface area contributed by atoms with Crippen molar-refractivity contribution in [3.63, 3.8) is 0 Å². The van der Waals surface area contributed by atoms with Gasteiger partial charge in [0, 0.05) is 31.0 Å². The van der Waals surface area contributed by atoms with Crippen LogP contribution >= 0.6 is 12.2 Å². The number of nitrogens with one attached hydrogen (secondary N) is 2. The minimum absolute atomic E-state index is 0.682. The number of nitrogens with zero attached hydrogens (tertiary/aromatic N) is 1. The molecule has 2 N–H and O–H groups in total. The molecule has 0 radical (unpaired) electrons. The summed E-state index contributed by atoms with van der Waals surface area (Å²) in [5.74, 6) is 0.870. The van der Waals surface area contributed by atoms with Crippen molar-refractivity contribution in [3.05, 3.63) is 24.3 Å². The normalized spacial score (nSPS) is 16.2. The van der Waals surface area contributed by atoms with E-state index in [9.17, 15) is 0 Å². The van der Waals surface area contributed by atoms with Crippen LogP contribution in [0.1, 0.15) is 26.7 Å². The lowest BCUT2D eigenvalue weighted by Crippen LogP contribution is -2.32. The zero-order valence-electron chi connectivity index (χ0n) is 11.8. The number of anilines is 2. The second-order valence-corrected chi connectivity index (χ2v) is 5.61. The van der Waals surface area contributed by atoms with E-state index in [0.29, 0.717) is 5.11 Å². The molecule has 0 aliphatic carbocycles. The summed E-state index contributed by atoms with van der Waals surface area (Å²) in [7, 11) is 0. The van der Waals surface area contributed by atoms with Crippen LogP contribution in [0, 0.1) is 5.92 Å². The highest BCUT2D eigenvalue weighted by Crippen LogP contribution is 2.24. The van der Waals surface area contributed by atoms with Crippen LogP contribution < -0.4 is 15.5 Å². The third-order valence-electron chi connectivity index (χ3n) is 3.61. The zero-order valence-corrected chi connectivity index (χ0v) is 12.6. The summed E-state index contributed by atoms with van der Waals surface area (Å²) < 4.78 is 0. The van der Waals surface area contributed by atoms with Crippen molar-refractivity contribution >= 4 is 28.7 Å². The second-order valence-electron chi connectivity index (χ2n) is 5.20. The third-order valence-corrected chi connectivity index (χ3v) is 3.86. The van der Waals surface area contributed by atoms with Gasteiger partial charge in [-0.2, -0.15) is 0 Å². The molecule has 1 saturated heterocycles. The molecule has 1 heterocycles. The van der Waals surface area contributed by atoms with Gasteiger partial charge in [0.05, 0.1) is 0 Å². The number of hydrogen-bond donors (Lipinski definition) is 2. The Labute approximate surface area is 121 Å². The van der Waals surface area contributed by atoms with Gasteiger partial charge < -0.3 is 15.5 Å². The van der Waals surface area contributed by atoms with E-state index in [4.69, 9.17) is 12.2 Å². The molecule has 0 bridgehead atoms.